The molecule has 1 N–H and O–H groups in total. The highest BCUT2D eigenvalue weighted by Crippen LogP contribution is 2.22. The Kier molecular flexibility index (Phi) is 8.04. The summed E-state index contributed by atoms with van der Waals surface area (Å²) in [5.41, 5.74) is 0. The van der Waals surface area contributed by atoms with Crippen LogP contribution in [0.25, 0.3) is 0 Å². The van der Waals surface area contributed by atoms with Crippen molar-refractivity contribution < 1.29 is 13.9 Å². The highest BCUT2D eigenvalue weighted by atomic mass is 16.5. The first-order valence-electron chi connectivity index (χ1n) is 7.58. The molecule has 1 heterocycles. The van der Waals surface area contributed by atoms with Gasteiger partial charge in [-0.3, -0.25) is 0 Å². The first-order valence-corrected chi connectivity index (χ1v) is 7.58. The normalized spacial score (nSPS) is 12.3. The number of esters is 1. The molecule has 0 spiro atoms. The predicted molar refractivity (Wildman–Crippen MR) is 79.8 cm³/mol. The minimum absolute atomic E-state index is 0.166. The van der Waals surface area contributed by atoms with Crippen LogP contribution in [-0.2, 0) is 4.74 Å². The van der Waals surface area contributed by atoms with Gasteiger partial charge < -0.3 is 14.5 Å². The van der Waals surface area contributed by atoms with Crippen molar-refractivity contribution in [2.24, 2.45) is 0 Å². The molecule has 1 atom stereocenters. The maximum Gasteiger partial charge on any atom is 0.373 e. The Labute approximate surface area is 121 Å². The number of carbonyl (C=O) groups excluding carboxylic acids is 1. The minimum atomic E-state index is -0.425. The predicted octanol–water partition coefficient (Wildman–Crippen LogP) is 4.08. The number of unbranched alkanes of at least 4 members (excludes halogenated alkanes) is 5. The Morgan fingerprint density at radius 1 is 1.25 bits per heavy atom. The van der Waals surface area contributed by atoms with E-state index in [2.05, 4.69) is 17.0 Å². The van der Waals surface area contributed by atoms with Crippen LogP contribution >= 0.6 is 0 Å². The van der Waals surface area contributed by atoms with Crippen LogP contribution in [-0.4, -0.2) is 20.1 Å². The monoisotopic (exact) mass is 281 g/mol. The van der Waals surface area contributed by atoms with Crippen molar-refractivity contribution in [2.45, 2.75) is 57.9 Å². The van der Waals surface area contributed by atoms with Crippen molar-refractivity contribution in [3.8, 4) is 0 Å². The van der Waals surface area contributed by atoms with Crippen molar-refractivity contribution in [3.63, 3.8) is 0 Å². The molecule has 0 aliphatic carbocycles. The second-order valence-electron chi connectivity index (χ2n) is 5.09. The van der Waals surface area contributed by atoms with Gasteiger partial charge in [-0.05, 0) is 25.6 Å². The summed E-state index contributed by atoms with van der Waals surface area (Å²) in [6, 6.07) is 3.69. The number of methoxy groups -OCH3 is 1. The molecule has 0 saturated heterocycles. The van der Waals surface area contributed by atoms with Crippen LogP contribution in [0, 0.1) is 0 Å². The Morgan fingerprint density at radius 3 is 2.60 bits per heavy atom. The highest BCUT2D eigenvalue weighted by molar-refractivity contribution is 5.86. The van der Waals surface area contributed by atoms with Crippen LogP contribution in [0.3, 0.4) is 0 Å². The molecule has 0 saturated carbocycles. The van der Waals surface area contributed by atoms with Crippen LogP contribution in [0.4, 0.5) is 0 Å². The Bertz CT molecular complexity index is 387. The molecular weight excluding hydrogens is 254 g/mol. The van der Waals surface area contributed by atoms with E-state index < -0.39 is 5.97 Å². The van der Waals surface area contributed by atoms with E-state index in [9.17, 15) is 4.79 Å². The van der Waals surface area contributed by atoms with E-state index in [4.69, 9.17) is 4.42 Å². The van der Waals surface area contributed by atoms with Crippen LogP contribution in [0.15, 0.2) is 16.5 Å². The van der Waals surface area contributed by atoms with Gasteiger partial charge in [-0.25, -0.2) is 4.79 Å². The van der Waals surface area contributed by atoms with E-state index in [0.29, 0.717) is 0 Å². The van der Waals surface area contributed by atoms with Gasteiger partial charge in [0.05, 0.1) is 13.2 Å². The van der Waals surface area contributed by atoms with Gasteiger partial charge in [0.25, 0.3) is 0 Å². The second kappa shape index (κ2) is 9.59. The zero-order valence-corrected chi connectivity index (χ0v) is 12.9. The number of ether oxygens (including phenoxy) is 1. The fraction of sp³-hybridized carbons (Fsp3) is 0.688. The SMILES string of the molecule is CCCCCCCCC(NC)c1ccc(C(=O)OC)o1. The Balaban J connectivity index is 2.38. The third kappa shape index (κ3) is 5.37. The maximum absolute atomic E-state index is 11.4. The van der Waals surface area contributed by atoms with E-state index in [-0.39, 0.29) is 11.8 Å². The molecule has 0 aromatic carbocycles. The molecule has 0 aliphatic heterocycles. The van der Waals surface area contributed by atoms with Crippen LogP contribution in [0.1, 0.15) is 74.2 Å². The number of nitrogens with one attached hydrogen (secondary N) is 1. The van der Waals surface area contributed by atoms with Crippen LogP contribution in [0.2, 0.25) is 0 Å². The van der Waals surface area contributed by atoms with Crippen LogP contribution in [0.5, 0.6) is 0 Å². The zero-order valence-electron chi connectivity index (χ0n) is 12.9. The van der Waals surface area contributed by atoms with Gasteiger partial charge in [-0.1, -0.05) is 45.4 Å². The molecule has 4 heteroatoms. The standard InChI is InChI=1S/C16H27NO3/c1-4-5-6-7-8-9-10-13(17-2)14-11-12-15(20-14)16(18)19-3/h11-13,17H,4-10H2,1-3H3. The topological polar surface area (TPSA) is 51.5 Å². The summed E-state index contributed by atoms with van der Waals surface area (Å²) in [6.07, 6.45) is 8.69. The second-order valence-corrected chi connectivity index (χ2v) is 5.09. The molecule has 0 radical (unpaired) electrons. The molecule has 1 aromatic rings. The summed E-state index contributed by atoms with van der Waals surface area (Å²) < 4.78 is 10.2. The summed E-state index contributed by atoms with van der Waals surface area (Å²) in [5.74, 6) is 0.651. The smallest absolute Gasteiger partial charge is 0.373 e. The number of hydrogen-bond acceptors (Lipinski definition) is 4. The summed E-state index contributed by atoms with van der Waals surface area (Å²) in [7, 11) is 3.28. The van der Waals surface area contributed by atoms with Crippen molar-refractivity contribution in [1.82, 2.24) is 5.32 Å². The zero-order chi connectivity index (χ0) is 14.8. The van der Waals surface area contributed by atoms with Crippen molar-refractivity contribution in [3.05, 3.63) is 23.7 Å². The van der Waals surface area contributed by atoms with Gasteiger partial charge >= 0.3 is 5.97 Å². The first kappa shape index (κ1) is 16.8. The summed E-state index contributed by atoms with van der Waals surface area (Å²) in [4.78, 5) is 11.4. The molecule has 1 rings (SSSR count). The van der Waals surface area contributed by atoms with Gasteiger partial charge in [0.2, 0.25) is 5.76 Å². The molecule has 1 aromatic heterocycles. The van der Waals surface area contributed by atoms with Gasteiger partial charge in [0.1, 0.15) is 5.76 Å². The quantitative estimate of drug-likeness (QED) is 0.518. The lowest BCUT2D eigenvalue weighted by Crippen LogP contribution is -2.15. The van der Waals surface area contributed by atoms with E-state index in [1.165, 1.54) is 45.6 Å². The molecule has 0 aliphatic rings. The molecule has 0 bridgehead atoms. The lowest BCUT2D eigenvalue weighted by Gasteiger charge is -2.13. The Morgan fingerprint density at radius 2 is 1.95 bits per heavy atom. The van der Waals surface area contributed by atoms with Gasteiger partial charge in [-0.15, -0.1) is 0 Å². The Hall–Kier alpha value is -1.29. The molecule has 4 nitrogen and oxygen atoms in total. The van der Waals surface area contributed by atoms with Gasteiger partial charge in [-0.2, -0.15) is 0 Å². The fourth-order valence-corrected chi connectivity index (χ4v) is 2.31. The van der Waals surface area contributed by atoms with Crippen LogP contribution < -0.4 is 5.32 Å². The third-order valence-corrected chi connectivity index (χ3v) is 3.55. The molecule has 20 heavy (non-hydrogen) atoms. The number of furan rings is 1. The summed E-state index contributed by atoms with van der Waals surface area (Å²) in [6.45, 7) is 2.23. The van der Waals surface area contributed by atoms with Crippen molar-refractivity contribution in [1.29, 1.82) is 0 Å². The fourth-order valence-electron chi connectivity index (χ4n) is 2.31. The molecule has 1 unspecified atom stereocenters. The largest absolute Gasteiger partial charge is 0.463 e. The van der Waals surface area contributed by atoms with Gasteiger partial charge in [0.15, 0.2) is 0 Å². The van der Waals surface area contributed by atoms with E-state index in [0.717, 1.165) is 12.2 Å². The van der Waals surface area contributed by atoms with Gasteiger partial charge in [0, 0.05) is 0 Å². The highest BCUT2D eigenvalue weighted by Gasteiger charge is 2.16. The minimum Gasteiger partial charge on any atom is -0.463 e. The number of rotatable bonds is 10. The lowest BCUT2D eigenvalue weighted by molar-refractivity contribution is 0.0562. The summed E-state index contributed by atoms with van der Waals surface area (Å²) in [5, 5.41) is 3.24. The number of hydrogen-bond donors (Lipinski definition) is 1. The van der Waals surface area contributed by atoms with Crippen molar-refractivity contribution in [2.75, 3.05) is 14.2 Å². The maximum atomic E-state index is 11.4. The van der Waals surface area contributed by atoms with E-state index >= 15 is 0 Å². The molecular formula is C16H27NO3. The average molecular weight is 281 g/mol. The lowest BCUT2D eigenvalue weighted by atomic mass is 10.0. The third-order valence-electron chi connectivity index (χ3n) is 3.55. The first-order chi connectivity index (χ1) is 9.72. The van der Waals surface area contributed by atoms with E-state index in [1.54, 1.807) is 6.07 Å². The van der Waals surface area contributed by atoms with Crippen molar-refractivity contribution >= 4 is 5.97 Å². The number of carbonyl (C=O) groups is 1. The van der Waals surface area contributed by atoms with E-state index in [1.807, 2.05) is 13.1 Å². The molecule has 0 fully saturated rings. The molecule has 0 amide bonds. The molecule has 114 valence electrons. The summed E-state index contributed by atoms with van der Waals surface area (Å²) >= 11 is 0. The average Bonchev–Trinajstić information content (AvgIpc) is 2.95.